The highest BCUT2D eigenvalue weighted by molar-refractivity contribution is 5.82. The van der Waals surface area contributed by atoms with Crippen molar-refractivity contribution < 1.29 is 14.3 Å². The first-order valence-electron chi connectivity index (χ1n) is 5.88. The molecule has 2 unspecified atom stereocenters. The van der Waals surface area contributed by atoms with Gasteiger partial charge >= 0.3 is 0 Å². The minimum atomic E-state index is -0.470. The topological polar surface area (TPSA) is 66.2 Å². The fourth-order valence-electron chi connectivity index (χ4n) is 1.72. The van der Waals surface area contributed by atoms with E-state index in [4.69, 9.17) is 9.47 Å². The Kier molecular flexibility index (Phi) is 4.22. The first kappa shape index (κ1) is 12.2. The van der Waals surface area contributed by atoms with Crippen LogP contribution in [0.3, 0.4) is 0 Å². The van der Waals surface area contributed by atoms with E-state index in [1.807, 2.05) is 0 Å². The summed E-state index contributed by atoms with van der Waals surface area (Å²) in [4.78, 5) is 15.6. The van der Waals surface area contributed by atoms with Crippen molar-refractivity contribution in [3.05, 3.63) is 12.7 Å². The van der Waals surface area contributed by atoms with Crippen LogP contribution >= 0.6 is 0 Å². The number of Topliss-reactive ketones (excluding diaryl/α,β-unsaturated/α-hetero) is 1. The minimum absolute atomic E-state index is 0.0235. The lowest BCUT2D eigenvalue weighted by Gasteiger charge is -2.25. The van der Waals surface area contributed by atoms with E-state index in [1.165, 1.54) is 17.3 Å². The molecular formula is C11H17N3O3. The van der Waals surface area contributed by atoms with Crippen LogP contribution < -0.4 is 0 Å². The van der Waals surface area contributed by atoms with Crippen molar-refractivity contribution in [2.45, 2.75) is 45.1 Å². The number of hydrogen-bond donors (Lipinski definition) is 0. The third-order valence-electron chi connectivity index (χ3n) is 2.73. The molecule has 2 atom stereocenters. The second kappa shape index (κ2) is 5.88. The number of carbonyl (C=O) groups excluding carboxylic acids is 1. The summed E-state index contributed by atoms with van der Waals surface area (Å²) < 4.78 is 12.5. The molecule has 1 saturated heterocycles. The zero-order chi connectivity index (χ0) is 12.1. The monoisotopic (exact) mass is 239 g/mol. The lowest BCUT2D eigenvalue weighted by atomic mass is 10.2. The smallest absolute Gasteiger partial charge is 0.182 e. The van der Waals surface area contributed by atoms with Crippen molar-refractivity contribution in [1.82, 2.24) is 14.8 Å². The molecule has 94 valence electrons. The highest BCUT2D eigenvalue weighted by atomic mass is 16.7. The van der Waals surface area contributed by atoms with Gasteiger partial charge in [0.1, 0.15) is 25.3 Å². The molecule has 1 fully saturated rings. The highest BCUT2D eigenvalue weighted by Crippen LogP contribution is 2.15. The number of rotatable bonds is 5. The Morgan fingerprint density at radius 3 is 3.18 bits per heavy atom. The molecule has 2 rings (SSSR count). The van der Waals surface area contributed by atoms with E-state index in [9.17, 15) is 4.79 Å². The SMILES string of the molecule is CC(OC1CCCCO1)C(=O)Cn1cncn1. The summed E-state index contributed by atoms with van der Waals surface area (Å²) in [5.74, 6) is -0.0235. The van der Waals surface area contributed by atoms with Crippen LogP contribution in [-0.2, 0) is 20.8 Å². The molecule has 0 aromatic carbocycles. The largest absolute Gasteiger partial charge is 0.353 e. The summed E-state index contributed by atoms with van der Waals surface area (Å²) in [6, 6.07) is 0. The molecule has 17 heavy (non-hydrogen) atoms. The minimum Gasteiger partial charge on any atom is -0.353 e. The zero-order valence-corrected chi connectivity index (χ0v) is 9.91. The maximum Gasteiger partial charge on any atom is 0.182 e. The van der Waals surface area contributed by atoms with Gasteiger partial charge in [0.2, 0.25) is 0 Å². The van der Waals surface area contributed by atoms with E-state index >= 15 is 0 Å². The zero-order valence-electron chi connectivity index (χ0n) is 9.91. The number of hydrogen-bond acceptors (Lipinski definition) is 5. The first-order valence-corrected chi connectivity index (χ1v) is 5.88. The summed E-state index contributed by atoms with van der Waals surface area (Å²) in [5.41, 5.74) is 0. The average Bonchev–Trinajstić information content (AvgIpc) is 2.83. The van der Waals surface area contributed by atoms with Crippen molar-refractivity contribution in [2.24, 2.45) is 0 Å². The Morgan fingerprint density at radius 2 is 2.53 bits per heavy atom. The van der Waals surface area contributed by atoms with E-state index in [0.29, 0.717) is 6.61 Å². The van der Waals surface area contributed by atoms with Crippen LogP contribution in [0.2, 0.25) is 0 Å². The molecule has 1 aliphatic heterocycles. The number of aromatic nitrogens is 3. The van der Waals surface area contributed by atoms with Gasteiger partial charge in [-0.25, -0.2) is 9.67 Å². The summed E-state index contributed by atoms with van der Waals surface area (Å²) in [7, 11) is 0. The van der Waals surface area contributed by atoms with Gasteiger partial charge < -0.3 is 9.47 Å². The third kappa shape index (κ3) is 3.61. The van der Waals surface area contributed by atoms with Crippen LogP contribution in [-0.4, -0.2) is 39.5 Å². The van der Waals surface area contributed by atoms with Gasteiger partial charge in [-0.3, -0.25) is 4.79 Å². The van der Waals surface area contributed by atoms with E-state index in [-0.39, 0.29) is 18.6 Å². The van der Waals surface area contributed by atoms with Crippen molar-refractivity contribution in [3.63, 3.8) is 0 Å². The number of ether oxygens (including phenoxy) is 2. The molecule has 1 aromatic heterocycles. The molecule has 1 aliphatic rings. The fourth-order valence-corrected chi connectivity index (χ4v) is 1.72. The molecule has 6 heteroatoms. The molecule has 0 N–H and O–H groups in total. The molecule has 1 aromatic rings. The summed E-state index contributed by atoms with van der Waals surface area (Å²) in [6.45, 7) is 2.65. The van der Waals surface area contributed by atoms with Gasteiger partial charge in [-0.05, 0) is 26.2 Å². The van der Waals surface area contributed by atoms with Crippen LogP contribution in [0, 0.1) is 0 Å². The molecule has 0 bridgehead atoms. The van der Waals surface area contributed by atoms with E-state index in [1.54, 1.807) is 6.92 Å². The van der Waals surface area contributed by atoms with Crippen molar-refractivity contribution in [1.29, 1.82) is 0 Å². The second-order valence-electron chi connectivity index (χ2n) is 4.13. The Bertz CT molecular complexity index is 347. The number of ketones is 1. The van der Waals surface area contributed by atoms with Gasteiger partial charge in [0.05, 0.1) is 0 Å². The maximum absolute atomic E-state index is 11.8. The van der Waals surface area contributed by atoms with Gasteiger partial charge in [0, 0.05) is 6.61 Å². The molecule has 0 amide bonds. The lowest BCUT2D eigenvalue weighted by Crippen LogP contribution is -2.32. The van der Waals surface area contributed by atoms with Crippen molar-refractivity contribution in [3.8, 4) is 0 Å². The predicted molar refractivity (Wildman–Crippen MR) is 59.2 cm³/mol. The normalized spacial score (nSPS) is 22.3. The van der Waals surface area contributed by atoms with Crippen LogP contribution in [0.15, 0.2) is 12.7 Å². The van der Waals surface area contributed by atoms with E-state index < -0.39 is 6.10 Å². The third-order valence-corrected chi connectivity index (χ3v) is 2.73. The molecule has 0 saturated carbocycles. The van der Waals surface area contributed by atoms with Crippen LogP contribution in [0.1, 0.15) is 26.2 Å². The van der Waals surface area contributed by atoms with Gasteiger partial charge in [-0.2, -0.15) is 5.10 Å². The quantitative estimate of drug-likeness (QED) is 0.759. The molecule has 0 aliphatic carbocycles. The number of carbonyl (C=O) groups is 1. The first-order chi connectivity index (χ1) is 8.25. The van der Waals surface area contributed by atoms with Crippen molar-refractivity contribution in [2.75, 3.05) is 6.61 Å². The lowest BCUT2D eigenvalue weighted by molar-refractivity contribution is -0.188. The molecule has 6 nitrogen and oxygen atoms in total. The van der Waals surface area contributed by atoms with Crippen LogP contribution in [0.4, 0.5) is 0 Å². The second-order valence-corrected chi connectivity index (χ2v) is 4.13. The number of nitrogens with zero attached hydrogens (tertiary/aromatic N) is 3. The van der Waals surface area contributed by atoms with Gasteiger partial charge in [0.15, 0.2) is 12.1 Å². The Morgan fingerprint density at radius 1 is 1.65 bits per heavy atom. The Balaban J connectivity index is 1.78. The van der Waals surface area contributed by atoms with E-state index in [2.05, 4.69) is 10.1 Å². The Hall–Kier alpha value is -1.27. The summed E-state index contributed by atoms with van der Waals surface area (Å²) >= 11 is 0. The molecule has 0 spiro atoms. The predicted octanol–water partition coefficient (Wildman–Crippen LogP) is 0.779. The van der Waals surface area contributed by atoms with Crippen LogP contribution in [0.5, 0.6) is 0 Å². The molecule has 2 heterocycles. The van der Waals surface area contributed by atoms with Crippen molar-refractivity contribution >= 4 is 5.78 Å². The van der Waals surface area contributed by atoms with Gasteiger partial charge in [-0.1, -0.05) is 0 Å². The summed E-state index contributed by atoms with van der Waals surface area (Å²) in [6.07, 6.45) is 5.24. The average molecular weight is 239 g/mol. The maximum atomic E-state index is 11.8. The highest BCUT2D eigenvalue weighted by Gasteiger charge is 2.21. The van der Waals surface area contributed by atoms with Gasteiger partial charge in [0.25, 0.3) is 0 Å². The van der Waals surface area contributed by atoms with Gasteiger partial charge in [-0.15, -0.1) is 0 Å². The fraction of sp³-hybridized carbons (Fsp3) is 0.727. The Labute approximate surface area is 99.9 Å². The molecular weight excluding hydrogens is 222 g/mol. The molecule has 0 radical (unpaired) electrons. The summed E-state index contributed by atoms with van der Waals surface area (Å²) in [5, 5.41) is 3.88. The van der Waals surface area contributed by atoms with E-state index in [0.717, 1.165) is 19.3 Å². The standard InChI is InChI=1S/C11H17N3O3/c1-9(17-11-4-2-3-5-16-11)10(15)6-14-8-12-7-13-14/h7-9,11H,2-6H2,1H3. The van der Waals surface area contributed by atoms with Crippen LogP contribution in [0.25, 0.3) is 0 Å².